The molecule has 1 amide bonds. The summed E-state index contributed by atoms with van der Waals surface area (Å²) in [7, 11) is 0. The first kappa shape index (κ1) is 24.6. The molecule has 0 radical (unpaired) electrons. The van der Waals surface area contributed by atoms with Crippen LogP contribution >= 0.6 is 0 Å². The molecule has 178 valence electrons. The third kappa shape index (κ3) is 6.28. The van der Waals surface area contributed by atoms with Gasteiger partial charge in [-0.3, -0.25) is 4.79 Å². The first-order chi connectivity index (χ1) is 15.9. The first-order valence-corrected chi connectivity index (χ1v) is 12.1. The first-order valence-electron chi connectivity index (χ1n) is 12.1. The van der Waals surface area contributed by atoms with Gasteiger partial charge in [-0.25, -0.2) is 4.79 Å². The van der Waals surface area contributed by atoms with E-state index in [4.69, 9.17) is 4.74 Å². The largest absolute Gasteiger partial charge is 0.494 e. The maximum absolute atomic E-state index is 13.2. The minimum absolute atomic E-state index is 0.0993. The Morgan fingerprint density at radius 1 is 1.09 bits per heavy atom. The van der Waals surface area contributed by atoms with E-state index in [-0.39, 0.29) is 29.9 Å². The minimum atomic E-state index is -1.02. The van der Waals surface area contributed by atoms with Crippen LogP contribution < -0.4 is 15.0 Å². The topological polar surface area (TPSA) is 78.9 Å². The van der Waals surface area contributed by atoms with Crippen LogP contribution in [0.25, 0.3) is 0 Å². The van der Waals surface area contributed by atoms with E-state index in [1.807, 2.05) is 13.0 Å². The van der Waals surface area contributed by atoms with E-state index >= 15 is 0 Å². The number of hydrogen-bond donors (Lipinski definition) is 2. The van der Waals surface area contributed by atoms with Gasteiger partial charge in [-0.1, -0.05) is 44.5 Å². The third-order valence-electron chi connectivity index (χ3n) is 6.46. The lowest BCUT2D eigenvalue weighted by Gasteiger charge is -2.34. The zero-order valence-electron chi connectivity index (χ0n) is 20.0. The standard InChI is InChI=1S/C27H36N2O4/c1-4-19(3)26(22-11-7-8-12-23(22)29-15-9-6-10-16-29)28-25(30)18-20-13-14-21(27(31)32)17-24(20)33-5-2/h7-8,11-14,17,19,26H,4-6,9-10,15-16,18H2,1-3H3,(H,28,30)(H,31,32). The Morgan fingerprint density at radius 3 is 2.48 bits per heavy atom. The molecule has 2 aromatic carbocycles. The number of ether oxygens (including phenoxy) is 1. The van der Waals surface area contributed by atoms with E-state index in [0.717, 1.165) is 25.1 Å². The fourth-order valence-corrected chi connectivity index (χ4v) is 4.46. The summed E-state index contributed by atoms with van der Waals surface area (Å²) in [5.74, 6) is -0.405. The highest BCUT2D eigenvalue weighted by Gasteiger charge is 2.26. The Labute approximate surface area is 196 Å². The fourth-order valence-electron chi connectivity index (χ4n) is 4.46. The normalized spacial score (nSPS) is 15.5. The molecule has 0 bridgehead atoms. The van der Waals surface area contributed by atoms with Gasteiger partial charge in [0, 0.05) is 24.3 Å². The smallest absolute Gasteiger partial charge is 0.335 e. The lowest BCUT2D eigenvalue weighted by atomic mass is 9.90. The number of amides is 1. The summed E-state index contributed by atoms with van der Waals surface area (Å²) in [6, 6.07) is 13.0. The summed E-state index contributed by atoms with van der Waals surface area (Å²) in [6.45, 7) is 8.65. The van der Waals surface area contributed by atoms with E-state index in [1.165, 1.54) is 37.1 Å². The Kier molecular flexibility index (Phi) is 8.75. The van der Waals surface area contributed by atoms with Gasteiger partial charge in [0.1, 0.15) is 5.75 Å². The number of hydrogen-bond acceptors (Lipinski definition) is 4. The van der Waals surface area contributed by atoms with Crippen LogP contribution in [0.4, 0.5) is 5.69 Å². The number of nitrogens with one attached hydrogen (secondary N) is 1. The van der Waals surface area contributed by atoms with Gasteiger partial charge in [0.25, 0.3) is 0 Å². The average Bonchev–Trinajstić information content (AvgIpc) is 2.83. The molecule has 1 aliphatic heterocycles. The highest BCUT2D eigenvalue weighted by atomic mass is 16.5. The quantitative estimate of drug-likeness (QED) is 0.517. The van der Waals surface area contributed by atoms with Gasteiger partial charge in [0.05, 0.1) is 24.6 Å². The second-order valence-corrected chi connectivity index (χ2v) is 8.77. The number of carboxylic acids is 1. The molecule has 6 heteroatoms. The van der Waals surface area contributed by atoms with E-state index in [9.17, 15) is 14.7 Å². The Hall–Kier alpha value is -3.02. The van der Waals surface area contributed by atoms with Crippen LogP contribution in [0, 0.1) is 5.92 Å². The van der Waals surface area contributed by atoms with Gasteiger partial charge >= 0.3 is 5.97 Å². The van der Waals surface area contributed by atoms with Crippen molar-refractivity contribution in [2.45, 2.75) is 58.9 Å². The summed E-state index contributed by atoms with van der Waals surface area (Å²) in [6.07, 6.45) is 4.74. The summed E-state index contributed by atoms with van der Waals surface area (Å²) in [5.41, 5.74) is 3.21. The zero-order valence-corrected chi connectivity index (χ0v) is 20.0. The van der Waals surface area contributed by atoms with Crippen molar-refractivity contribution in [2.75, 3.05) is 24.6 Å². The monoisotopic (exact) mass is 452 g/mol. The molecule has 1 heterocycles. The second-order valence-electron chi connectivity index (χ2n) is 8.77. The van der Waals surface area contributed by atoms with Gasteiger partial charge < -0.3 is 20.1 Å². The van der Waals surface area contributed by atoms with Gasteiger partial charge in [0.2, 0.25) is 5.91 Å². The number of piperidine rings is 1. The predicted octanol–water partition coefficient (Wildman–Crippen LogP) is 5.22. The lowest BCUT2D eigenvalue weighted by molar-refractivity contribution is -0.121. The number of aromatic carboxylic acids is 1. The van der Waals surface area contributed by atoms with Crippen LogP contribution in [0.2, 0.25) is 0 Å². The van der Waals surface area contributed by atoms with Gasteiger partial charge in [-0.15, -0.1) is 0 Å². The molecule has 2 unspecified atom stereocenters. The lowest BCUT2D eigenvalue weighted by Crippen LogP contribution is -2.36. The van der Waals surface area contributed by atoms with Crippen molar-refractivity contribution in [3.05, 3.63) is 59.2 Å². The highest BCUT2D eigenvalue weighted by Crippen LogP contribution is 2.34. The number of benzene rings is 2. The van der Waals surface area contributed by atoms with Gasteiger partial charge in [0.15, 0.2) is 0 Å². The van der Waals surface area contributed by atoms with Gasteiger partial charge in [-0.05, 0) is 55.9 Å². The molecular weight excluding hydrogens is 416 g/mol. The van der Waals surface area contributed by atoms with E-state index in [2.05, 4.69) is 42.3 Å². The average molecular weight is 453 g/mol. The number of carbonyl (C=O) groups is 2. The number of carboxylic acid groups (broad SMARTS) is 1. The minimum Gasteiger partial charge on any atom is -0.494 e. The zero-order chi connectivity index (χ0) is 23.8. The van der Waals surface area contributed by atoms with E-state index < -0.39 is 5.97 Å². The fraction of sp³-hybridized carbons (Fsp3) is 0.481. The van der Waals surface area contributed by atoms with Crippen LogP contribution in [0.5, 0.6) is 5.75 Å². The molecule has 6 nitrogen and oxygen atoms in total. The molecule has 0 aromatic heterocycles. The summed E-state index contributed by atoms with van der Waals surface area (Å²) >= 11 is 0. The maximum atomic E-state index is 13.2. The van der Waals surface area contributed by atoms with Crippen molar-refractivity contribution in [3.63, 3.8) is 0 Å². The molecule has 1 aliphatic rings. The molecule has 2 N–H and O–H groups in total. The molecule has 0 saturated carbocycles. The molecule has 3 rings (SSSR count). The second kappa shape index (κ2) is 11.7. The Balaban J connectivity index is 1.84. The summed E-state index contributed by atoms with van der Waals surface area (Å²) < 4.78 is 5.64. The SMILES string of the molecule is CCOc1cc(C(=O)O)ccc1CC(=O)NC(c1ccccc1N1CCCCC1)C(C)CC. The molecule has 0 spiro atoms. The van der Waals surface area contributed by atoms with E-state index in [1.54, 1.807) is 6.07 Å². The number of nitrogens with zero attached hydrogens (tertiary/aromatic N) is 1. The van der Waals surface area contributed by atoms with Crippen molar-refractivity contribution >= 4 is 17.6 Å². The maximum Gasteiger partial charge on any atom is 0.335 e. The molecule has 33 heavy (non-hydrogen) atoms. The van der Waals surface area contributed by atoms with Crippen LogP contribution in [-0.4, -0.2) is 36.7 Å². The van der Waals surface area contributed by atoms with Gasteiger partial charge in [-0.2, -0.15) is 0 Å². The Bertz CT molecular complexity index is 953. The van der Waals surface area contributed by atoms with Crippen LogP contribution in [0.3, 0.4) is 0 Å². The van der Waals surface area contributed by atoms with Crippen LogP contribution in [-0.2, 0) is 11.2 Å². The third-order valence-corrected chi connectivity index (χ3v) is 6.46. The van der Waals surface area contributed by atoms with Crippen molar-refractivity contribution in [3.8, 4) is 5.75 Å². The summed E-state index contributed by atoms with van der Waals surface area (Å²) in [4.78, 5) is 27.0. The van der Waals surface area contributed by atoms with Crippen molar-refractivity contribution in [2.24, 2.45) is 5.92 Å². The molecule has 2 atom stereocenters. The number of anilines is 1. The molecule has 1 saturated heterocycles. The van der Waals surface area contributed by atoms with Crippen molar-refractivity contribution < 1.29 is 19.4 Å². The number of para-hydroxylation sites is 1. The molecule has 2 aromatic rings. The summed E-state index contributed by atoms with van der Waals surface area (Å²) in [5, 5.41) is 12.6. The highest BCUT2D eigenvalue weighted by molar-refractivity contribution is 5.88. The van der Waals surface area contributed by atoms with E-state index in [0.29, 0.717) is 17.9 Å². The molecule has 1 fully saturated rings. The predicted molar refractivity (Wildman–Crippen MR) is 131 cm³/mol. The van der Waals surface area contributed by atoms with Crippen molar-refractivity contribution in [1.82, 2.24) is 5.32 Å². The van der Waals surface area contributed by atoms with Crippen molar-refractivity contribution in [1.29, 1.82) is 0 Å². The van der Waals surface area contributed by atoms with Crippen LogP contribution in [0.1, 0.15) is 74.0 Å². The Morgan fingerprint density at radius 2 is 1.82 bits per heavy atom. The number of rotatable bonds is 10. The molecular formula is C27H36N2O4. The molecule has 0 aliphatic carbocycles. The number of carbonyl (C=O) groups excluding carboxylic acids is 1. The van der Waals surface area contributed by atoms with Crippen LogP contribution in [0.15, 0.2) is 42.5 Å².